The second-order valence-corrected chi connectivity index (χ2v) is 15.3. The number of carbonyl (C=O) groups excluding carboxylic acids is 3. The van der Waals surface area contributed by atoms with E-state index in [2.05, 4.69) is 53.1 Å². The van der Waals surface area contributed by atoms with Gasteiger partial charge < -0.3 is 24.6 Å². The maximum Gasteiger partial charge on any atom is 0.270 e. The number of fused-ring (bicyclic) bond motifs is 1. The number of benzene rings is 1. The van der Waals surface area contributed by atoms with Crippen molar-refractivity contribution in [2.45, 2.75) is 63.3 Å². The van der Waals surface area contributed by atoms with E-state index in [1.54, 1.807) is 25.2 Å². The van der Waals surface area contributed by atoms with Gasteiger partial charge in [-0.1, -0.05) is 25.0 Å². The van der Waals surface area contributed by atoms with Crippen LogP contribution in [0, 0.1) is 5.92 Å². The van der Waals surface area contributed by atoms with Crippen LogP contribution in [0.4, 0.5) is 23.1 Å². The van der Waals surface area contributed by atoms with Gasteiger partial charge in [0.25, 0.3) is 5.91 Å². The molecule has 1 aromatic carbocycles. The summed E-state index contributed by atoms with van der Waals surface area (Å²) in [6.07, 6.45) is 11.5. The molecule has 3 aliphatic heterocycles. The van der Waals surface area contributed by atoms with Crippen molar-refractivity contribution in [3.05, 3.63) is 66.1 Å². The smallest absolute Gasteiger partial charge is 0.270 e. The fourth-order valence-corrected chi connectivity index (χ4v) is 8.61. The first kappa shape index (κ1) is 35.0. The lowest BCUT2D eigenvalue weighted by Gasteiger charge is -2.40. The van der Waals surface area contributed by atoms with Gasteiger partial charge in [0.15, 0.2) is 0 Å². The molecule has 53 heavy (non-hydrogen) atoms. The highest BCUT2D eigenvalue weighted by molar-refractivity contribution is 6.01. The number of nitrogens with zero attached hydrogens (tertiary/aromatic N) is 8. The van der Waals surface area contributed by atoms with Crippen LogP contribution < -0.4 is 20.4 Å². The van der Waals surface area contributed by atoms with E-state index < -0.39 is 0 Å². The van der Waals surface area contributed by atoms with Gasteiger partial charge in [0.05, 0.1) is 17.8 Å². The van der Waals surface area contributed by atoms with Crippen LogP contribution >= 0.6 is 0 Å². The molecular weight excluding hydrogens is 669 g/mol. The van der Waals surface area contributed by atoms with E-state index >= 15 is 0 Å². The van der Waals surface area contributed by atoms with Crippen molar-refractivity contribution in [1.82, 2.24) is 34.6 Å². The van der Waals surface area contributed by atoms with Crippen LogP contribution in [-0.2, 0) is 9.59 Å². The number of aromatic nitrogens is 4. The number of carbonyl (C=O) groups is 3. The molecule has 1 aliphatic carbocycles. The molecule has 0 spiro atoms. The lowest BCUT2D eigenvalue weighted by molar-refractivity contribution is -0.134. The van der Waals surface area contributed by atoms with Gasteiger partial charge in [0.2, 0.25) is 17.8 Å². The largest absolute Gasteiger partial charge is 0.370 e. The van der Waals surface area contributed by atoms with E-state index in [0.717, 1.165) is 107 Å². The number of anilines is 4. The minimum Gasteiger partial charge on any atom is -0.370 e. The monoisotopic (exact) mass is 718 g/mol. The summed E-state index contributed by atoms with van der Waals surface area (Å²) in [5.41, 5.74) is 4.77. The Kier molecular flexibility index (Phi) is 10.00. The van der Waals surface area contributed by atoms with Gasteiger partial charge in [-0.2, -0.15) is 4.98 Å². The second kappa shape index (κ2) is 15.1. The fraction of sp³-hybridized carbons (Fsp3) is 0.500. The average Bonchev–Trinajstić information content (AvgIpc) is 3.84. The third kappa shape index (κ3) is 7.57. The van der Waals surface area contributed by atoms with Crippen molar-refractivity contribution in [2.24, 2.45) is 5.92 Å². The van der Waals surface area contributed by atoms with Crippen LogP contribution in [0.2, 0.25) is 0 Å². The highest BCUT2D eigenvalue weighted by Gasteiger charge is 2.29. The Hall–Kier alpha value is -5.04. The highest BCUT2D eigenvalue weighted by atomic mass is 16.2. The first-order chi connectivity index (χ1) is 25.8. The van der Waals surface area contributed by atoms with Crippen molar-refractivity contribution in [3.8, 4) is 0 Å². The maximum atomic E-state index is 13.1. The number of piperidine rings is 2. The van der Waals surface area contributed by atoms with Crippen LogP contribution in [0.1, 0.15) is 79.4 Å². The molecule has 0 radical (unpaired) electrons. The third-order valence-electron chi connectivity index (χ3n) is 11.6. The van der Waals surface area contributed by atoms with Gasteiger partial charge in [-0.3, -0.25) is 24.6 Å². The molecule has 8 rings (SSSR count). The van der Waals surface area contributed by atoms with Crippen molar-refractivity contribution in [3.63, 3.8) is 0 Å². The molecule has 1 unspecified atom stereocenters. The molecule has 13 heteroatoms. The first-order valence-corrected chi connectivity index (χ1v) is 19.3. The molecule has 3 amide bonds. The van der Waals surface area contributed by atoms with Gasteiger partial charge >= 0.3 is 0 Å². The Bertz CT molecular complexity index is 1940. The van der Waals surface area contributed by atoms with Crippen LogP contribution in [0.5, 0.6) is 0 Å². The van der Waals surface area contributed by atoms with Crippen LogP contribution in [-0.4, -0.2) is 107 Å². The van der Waals surface area contributed by atoms with E-state index in [9.17, 15) is 14.4 Å². The number of rotatable bonds is 9. The summed E-state index contributed by atoms with van der Waals surface area (Å²) in [5, 5.41) is 6.64. The molecular formula is C40H50N10O3. The summed E-state index contributed by atoms with van der Waals surface area (Å²) >= 11 is 0. The number of imide groups is 1. The number of hydrogen-bond acceptors (Lipinski definition) is 10. The molecule has 4 aliphatic rings. The normalized spacial score (nSPS) is 20.6. The van der Waals surface area contributed by atoms with E-state index in [4.69, 9.17) is 9.97 Å². The lowest BCUT2D eigenvalue weighted by Crippen LogP contribution is -2.49. The molecule has 6 heterocycles. The van der Waals surface area contributed by atoms with E-state index in [1.807, 2.05) is 30.5 Å². The Morgan fingerprint density at radius 2 is 1.57 bits per heavy atom. The second-order valence-electron chi connectivity index (χ2n) is 15.3. The van der Waals surface area contributed by atoms with Gasteiger partial charge in [-0.25, -0.2) is 9.97 Å². The highest BCUT2D eigenvalue weighted by Crippen LogP contribution is 2.35. The number of amides is 3. The molecule has 13 nitrogen and oxygen atoms in total. The van der Waals surface area contributed by atoms with Crippen molar-refractivity contribution >= 4 is 51.9 Å². The van der Waals surface area contributed by atoms with Gasteiger partial charge in [0, 0.05) is 89.6 Å². The average molecular weight is 719 g/mol. The molecule has 278 valence electrons. The zero-order valence-electron chi connectivity index (χ0n) is 30.8. The molecule has 0 bridgehead atoms. The first-order valence-electron chi connectivity index (χ1n) is 19.3. The molecule has 2 N–H and O–H groups in total. The minimum atomic E-state index is -0.239. The fourth-order valence-electron chi connectivity index (χ4n) is 8.61. The Morgan fingerprint density at radius 1 is 0.849 bits per heavy atom. The molecule has 3 aromatic heterocycles. The van der Waals surface area contributed by atoms with Crippen LogP contribution in [0.25, 0.3) is 11.0 Å². The summed E-state index contributed by atoms with van der Waals surface area (Å²) in [6, 6.07) is 14.6. The zero-order chi connectivity index (χ0) is 36.5. The number of hydrogen-bond donors (Lipinski definition) is 2. The molecule has 3 saturated heterocycles. The van der Waals surface area contributed by atoms with Crippen molar-refractivity contribution in [2.75, 3.05) is 75.0 Å². The van der Waals surface area contributed by atoms with Gasteiger partial charge in [-0.15, -0.1) is 0 Å². The van der Waals surface area contributed by atoms with E-state index in [0.29, 0.717) is 36.2 Å². The maximum absolute atomic E-state index is 13.1. The summed E-state index contributed by atoms with van der Waals surface area (Å²) in [5.74, 6) is 1.24. The van der Waals surface area contributed by atoms with Crippen molar-refractivity contribution < 1.29 is 14.4 Å². The SMILES string of the molecule is CN(C)C(=O)c1cc2cnc(Nc3ccc(N4CCC(CN5CCN(c6ccc(C7CCC(=O)NC7=O)cc6)CC5)CC4)cn3)nc2n1C1CCCC1. The van der Waals surface area contributed by atoms with Crippen LogP contribution in [0.15, 0.2) is 54.9 Å². The standard InChI is InChI=1S/C40H50N10O3/c1-46(2)39(53)34-23-29-24-42-40(45-37(29)50(34)31-5-3-4-6-31)43-35-13-11-32(25-41-35)48-17-15-27(16-18-48)26-47-19-21-49(22-20-47)30-9-7-28(8-10-30)33-12-14-36(51)44-38(33)52/h7-11,13,23-25,27,31,33H,3-6,12,14-22,26H2,1-2H3,(H,44,51,52)(H,41,42,43,45). The number of nitrogens with one attached hydrogen (secondary N) is 2. The van der Waals surface area contributed by atoms with Gasteiger partial charge in [-0.05, 0) is 73.9 Å². The van der Waals surface area contributed by atoms with Crippen LogP contribution in [0.3, 0.4) is 0 Å². The Labute approximate surface area is 310 Å². The molecule has 1 saturated carbocycles. The number of pyridine rings is 1. The van der Waals surface area contributed by atoms with Crippen molar-refractivity contribution in [1.29, 1.82) is 0 Å². The Morgan fingerprint density at radius 3 is 2.25 bits per heavy atom. The summed E-state index contributed by atoms with van der Waals surface area (Å²) in [7, 11) is 3.58. The summed E-state index contributed by atoms with van der Waals surface area (Å²) in [4.78, 5) is 60.1. The molecule has 4 fully saturated rings. The zero-order valence-corrected chi connectivity index (χ0v) is 30.8. The predicted octanol–water partition coefficient (Wildman–Crippen LogP) is 4.95. The van der Waals surface area contributed by atoms with E-state index in [1.165, 1.54) is 5.69 Å². The molecule has 1 atom stereocenters. The summed E-state index contributed by atoms with van der Waals surface area (Å²) in [6.45, 7) is 7.25. The molecule has 4 aromatic rings. The van der Waals surface area contributed by atoms with E-state index in [-0.39, 0.29) is 29.7 Å². The minimum absolute atomic E-state index is 0.0156. The lowest BCUT2D eigenvalue weighted by atomic mass is 9.90. The summed E-state index contributed by atoms with van der Waals surface area (Å²) < 4.78 is 2.13. The van der Waals surface area contributed by atoms with Gasteiger partial charge in [0.1, 0.15) is 17.2 Å². The predicted molar refractivity (Wildman–Crippen MR) is 206 cm³/mol. The quantitative estimate of drug-likeness (QED) is 0.230. The third-order valence-corrected chi connectivity index (χ3v) is 11.6. The topological polar surface area (TPSA) is 132 Å². The Balaban J connectivity index is 0.815. The number of piperazine rings is 1.